The number of nitrogens with zero attached hydrogens (tertiary/aromatic N) is 2. The zero-order valence-electron chi connectivity index (χ0n) is 11.6. The summed E-state index contributed by atoms with van der Waals surface area (Å²) >= 11 is 0. The van der Waals surface area contributed by atoms with E-state index in [1.54, 1.807) is 0 Å². The van der Waals surface area contributed by atoms with E-state index in [1.807, 2.05) is 20.8 Å². The van der Waals surface area contributed by atoms with Crippen LogP contribution in [0.3, 0.4) is 0 Å². The highest BCUT2D eigenvalue weighted by Crippen LogP contribution is 2.27. The summed E-state index contributed by atoms with van der Waals surface area (Å²) in [7, 11) is 2.21. The van der Waals surface area contributed by atoms with Crippen molar-refractivity contribution in [3.63, 3.8) is 0 Å². The zero-order valence-corrected chi connectivity index (χ0v) is 11.6. The molecule has 0 aromatic rings. The molecular formula is C13H26N2O2. The lowest BCUT2D eigenvalue weighted by Gasteiger charge is -2.32. The molecule has 0 radical (unpaired) electrons. The fourth-order valence-corrected chi connectivity index (χ4v) is 1.77. The van der Waals surface area contributed by atoms with Gasteiger partial charge in [-0.25, -0.2) is 0 Å². The molecule has 0 aromatic carbocycles. The van der Waals surface area contributed by atoms with E-state index in [-0.39, 0.29) is 5.60 Å². The Balaban J connectivity index is 0.000000185. The first kappa shape index (κ1) is 14.5. The summed E-state index contributed by atoms with van der Waals surface area (Å²) in [6, 6.07) is 0.980. The number of carbonyl (C=O) groups excluding carboxylic acids is 1. The average Bonchev–Trinajstić information content (AvgIpc) is 3.01. The molecule has 1 aliphatic carbocycles. The first-order valence-electron chi connectivity index (χ1n) is 6.46. The summed E-state index contributed by atoms with van der Waals surface area (Å²) in [5, 5.41) is 0. The highest BCUT2D eigenvalue weighted by atomic mass is 16.5. The van der Waals surface area contributed by atoms with Crippen LogP contribution in [0.15, 0.2) is 0 Å². The van der Waals surface area contributed by atoms with Crippen LogP contribution in [0.4, 0.5) is 0 Å². The van der Waals surface area contributed by atoms with Gasteiger partial charge in [0.2, 0.25) is 0 Å². The molecule has 100 valence electrons. The molecule has 2 fully saturated rings. The normalized spacial score (nSPS) is 22.6. The molecule has 0 N–H and O–H groups in total. The Morgan fingerprint density at radius 2 is 1.65 bits per heavy atom. The molecule has 2 aliphatic rings. The van der Waals surface area contributed by atoms with Crippen molar-refractivity contribution in [2.75, 3.05) is 33.2 Å². The number of hydrogen-bond donors (Lipinski definition) is 0. The lowest BCUT2D eigenvalue weighted by molar-refractivity contribution is -0.138. The van der Waals surface area contributed by atoms with Gasteiger partial charge in [0, 0.05) is 32.2 Å². The van der Waals surface area contributed by atoms with Gasteiger partial charge in [-0.15, -0.1) is 0 Å². The molecule has 1 aliphatic heterocycles. The zero-order chi connectivity index (χ0) is 12.9. The van der Waals surface area contributed by atoms with Crippen molar-refractivity contribution in [2.45, 2.75) is 45.3 Å². The van der Waals surface area contributed by atoms with Gasteiger partial charge in [0.05, 0.1) is 0 Å². The maximum atomic E-state index is 9.60. The summed E-state index contributed by atoms with van der Waals surface area (Å²) in [5.74, 6) is 0. The lowest BCUT2D eigenvalue weighted by Crippen LogP contribution is -2.45. The van der Waals surface area contributed by atoms with E-state index in [1.165, 1.54) is 39.0 Å². The van der Waals surface area contributed by atoms with Crippen molar-refractivity contribution >= 4 is 6.47 Å². The van der Waals surface area contributed by atoms with Gasteiger partial charge in [0.25, 0.3) is 6.47 Å². The average molecular weight is 242 g/mol. The van der Waals surface area contributed by atoms with Crippen LogP contribution in [-0.4, -0.2) is 61.1 Å². The third kappa shape index (κ3) is 6.64. The number of carbonyl (C=O) groups is 1. The van der Waals surface area contributed by atoms with E-state index in [0.29, 0.717) is 6.47 Å². The smallest absolute Gasteiger partial charge is 0.293 e. The van der Waals surface area contributed by atoms with Crippen LogP contribution >= 0.6 is 0 Å². The molecular weight excluding hydrogens is 216 g/mol. The first-order valence-corrected chi connectivity index (χ1v) is 6.46. The molecule has 17 heavy (non-hydrogen) atoms. The minimum atomic E-state index is -0.318. The molecule has 0 amide bonds. The van der Waals surface area contributed by atoms with Gasteiger partial charge in [0.15, 0.2) is 0 Å². The molecule has 4 heteroatoms. The van der Waals surface area contributed by atoms with Crippen LogP contribution < -0.4 is 0 Å². The third-order valence-electron chi connectivity index (χ3n) is 3.00. The predicted octanol–water partition coefficient (Wildman–Crippen LogP) is 1.35. The lowest BCUT2D eigenvalue weighted by atomic mass is 10.2. The van der Waals surface area contributed by atoms with Crippen molar-refractivity contribution in [1.29, 1.82) is 0 Å². The molecule has 1 heterocycles. The molecule has 2 rings (SSSR count). The predicted molar refractivity (Wildman–Crippen MR) is 69.0 cm³/mol. The van der Waals surface area contributed by atoms with Gasteiger partial charge in [-0.3, -0.25) is 9.69 Å². The minimum absolute atomic E-state index is 0.318. The number of rotatable bonds is 2. The first-order chi connectivity index (χ1) is 7.92. The van der Waals surface area contributed by atoms with Crippen LogP contribution in [0.5, 0.6) is 0 Å². The second kappa shape index (κ2) is 6.36. The fraction of sp³-hybridized carbons (Fsp3) is 0.923. The van der Waals surface area contributed by atoms with Crippen molar-refractivity contribution in [3.05, 3.63) is 0 Å². The van der Waals surface area contributed by atoms with Gasteiger partial charge in [-0.05, 0) is 40.7 Å². The monoisotopic (exact) mass is 242 g/mol. The van der Waals surface area contributed by atoms with Gasteiger partial charge < -0.3 is 9.64 Å². The fourth-order valence-electron chi connectivity index (χ4n) is 1.77. The number of ether oxygens (including phenoxy) is 1. The third-order valence-corrected chi connectivity index (χ3v) is 3.00. The Morgan fingerprint density at radius 3 is 1.94 bits per heavy atom. The molecule has 0 bridgehead atoms. The minimum Gasteiger partial charge on any atom is -0.462 e. The quantitative estimate of drug-likeness (QED) is 0.684. The number of hydrogen-bond acceptors (Lipinski definition) is 4. The van der Waals surface area contributed by atoms with Gasteiger partial charge in [-0.1, -0.05) is 0 Å². The second-order valence-electron chi connectivity index (χ2n) is 5.90. The van der Waals surface area contributed by atoms with E-state index in [0.717, 1.165) is 6.04 Å². The van der Waals surface area contributed by atoms with E-state index in [2.05, 4.69) is 21.6 Å². The Bertz CT molecular complexity index is 226. The maximum absolute atomic E-state index is 9.60. The standard InChI is InChI=1S/C8H16N2.C5H10O2/c1-9-4-6-10(7-5-9)8-2-3-8;1-5(2,3)7-4-6/h8H,2-7H2,1H3;4H,1-3H3. The largest absolute Gasteiger partial charge is 0.462 e. The number of likely N-dealkylation sites (N-methyl/N-ethyl adjacent to an activating group) is 1. The van der Waals surface area contributed by atoms with Crippen LogP contribution in [0.1, 0.15) is 33.6 Å². The molecule has 1 saturated heterocycles. The van der Waals surface area contributed by atoms with Crippen molar-refractivity contribution in [2.24, 2.45) is 0 Å². The Labute approximate surface area is 105 Å². The van der Waals surface area contributed by atoms with Crippen molar-refractivity contribution in [3.8, 4) is 0 Å². The van der Waals surface area contributed by atoms with Crippen molar-refractivity contribution < 1.29 is 9.53 Å². The van der Waals surface area contributed by atoms with Crippen LogP contribution in [-0.2, 0) is 9.53 Å². The summed E-state index contributed by atoms with van der Waals surface area (Å²) in [4.78, 5) is 14.7. The Morgan fingerprint density at radius 1 is 1.12 bits per heavy atom. The van der Waals surface area contributed by atoms with Crippen LogP contribution in [0.2, 0.25) is 0 Å². The topological polar surface area (TPSA) is 32.8 Å². The summed E-state index contributed by atoms with van der Waals surface area (Å²) in [6.07, 6.45) is 2.92. The molecule has 0 spiro atoms. The highest BCUT2D eigenvalue weighted by molar-refractivity contribution is 5.37. The Hall–Kier alpha value is -0.610. The van der Waals surface area contributed by atoms with E-state index >= 15 is 0 Å². The maximum Gasteiger partial charge on any atom is 0.293 e. The summed E-state index contributed by atoms with van der Waals surface area (Å²) < 4.78 is 4.55. The molecule has 1 saturated carbocycles. The van der Waals surface area contributed by atoms with Crippen LogP contribution in [0.25, 0.3) is 0 Å². The van der Waals surface area contributed by atoms with E-state index < -0.39 is 0 Å². The van der Waals surface area contributed by atoms with E-state index in [9.17, 15) is 4.79 Å². The van der Waals surface area contributed by atoms with Crippen molar-refractivity contribution in [1.82, 2.24) is 9.80 Å². The second-order valence-corrected chi connectivity index (χ2v) is 5.90. The highest BCUT2D eigenvalue weighted by Gasteiger charge is 2.30. The molecule has 0 aromatic heterocycles. The van der Waals surface area contributed by atoms with Crippen LogP contribution in [0, 0.1) is 0 Å². The Kier molecular flexibility index (Phi) is 5.40. The summed E-state index contributed by atoms with van der Waals surface area (Å²) in [5.41, 5.74) is -0.318. The van der Waals surface area contributed by atoms with Gasteiger partial charge in [-0.2, -0.15) is 0 Å². The van der Waals surface area contributed by atoms with E-state index in [4.69, 9.17) is 0 Å². The molecule has 0 unspecified atom stereocenters. The molecule has 4 nitrogen and oxygen atoms in total. The van der Waals surface area contributed by atoms with Gasteiger partial charge in [0.1, 0.15) is 5.60 Å². The molecule has 0 atom stereocenters. The SMILES string of the molecule is CC(C)(C)OC=O.CN1CCN(C2CC2)CC1. The summed E-state index contributed by atoms with van der Waals surface area (Å²) in [6.45, 7) is 11.1. The number of piperazine rings is 1. The van der Waals surface area contributed by atoms with Gasteiger partial charge >= 0.3 is 0 Å².